The van der Waals surface area contributed by atoms with Crippen LogP contribution in [0.5, 0.6) is 5.75 Å². The zero-order chi connectivity index (χ0) is 25.4. The van der Waals surface area contributed by atoms with Gasteiger partial charge in [-0.2, -0.15) is 13.2 Å². The second kappa shape index (κ2) is 11.2. The molecule has 7 nitrogen and oxygen atoms in total. The lowest BCUT2D eigenvalue weighted by Crippen LogP contribution is -2.22. The summed E-state index contributed by atoms with van der Waals surface area (Å²) in [6.45, 7) is 1.95. The highest BCUT2D eigenvalue weighted by Crippen LogP contribution is 2.32. The van der Waals surface area contributed by atoms with Crippen LogP contribution in [0.15, 0.2) is 48.7 Å². The third-order valence-corrected chi connectivity index (χ3v) is 4.48. The van der Waals surface area contributed by atoms with Crippen LogP contribution in [0.3, 0.4) is 0 Å². The summed E-state index contributed by atoms with van der Waals surface area (Å²) in [4.78, 5) is 29.3. The highest BCUT2D eigenvalue weighted by atomic mass is 19.4. The van der Waals surface area contributed by atoms with Crippen LogP contribution in [0.4, 0.5) is 23.2 Å². The number of carbonyl (C=O) groups excluding carboxylic acids is 2. The Bertz CT molecular complexity index is 1280. The SMILES string of the molecule is CC(=O)NCCCOc1ccc(-c2ncc(C(F)(F)F)[nH]2)cc1NC(=O)C#Cc1cccc(F)c1. The molecule has 0 unspecified atom stereocenters. The molecule has 0 aliphatic rings. The Kier molecular flexibility index (Phi) is 8.09. The lowest BCUT2D eigenvalue weighted by Gasteiger charge is -2.13. The van der Waals surface area contributed by atoms with Crippen molar-refractivity contribution in [2.24, 2.45) is 0 Å². The number of rotatable bonds is 7. The predicted octanol–water partition coefficient (Wildman–Crippen LogP) is 4.13. The maximum Gasteiger partial charge on any atom is 0.432 e. The van der Waals surface area contributed by atoms with Gasteiger partial charge in [0.1, 0.15) is 23.1 Å². The molecular formula is C24H20F4N4O3. The lowest BCUT2D eigenvalue weighted by molar-refractivity contribution is -0.140. The van der Waals surface area contributed by atoms with E-state index in [-0.39, 0.29) is 35.3 Å². The van der Waals surface area contributed by atoms with Crippen molar-refractivity contribution in [3.05, 3.63) is 65.7 Å². The molecule has 3 N–H and O–H groups in total. The summed E-state index contributed by atoms with van der Waals surface area (Å²) in [7, 11) is 0. The van der Waals surface area contributed by atoms with Crippen LogP contribution < -0.4 is 15.4 Å². The molecule has 182 valence electrons. The van der Waals surface area contributed by atoms with Crippen LogP contribution in [0.1, 0.15) is 24.6 Å². The van der Waals surface area contributed by atoms with Gasteiger partial charge in [-0.05, 0) is 42.8 Å². The van der Waals surface area contributed by atoms with E-state index in [0.29, 0.717) is 24.7 Å². The molecule has 3 rings (SSSR count). The van der Waals surface area contributed by atoms with E-state index >= 15 is 0 Å². The number of H-pyrrole nitrogens is 1. The van der Waals surface area contributed by atoms with Crippen molar-refractivity contribution >= 4 is 17.5 Å². The van der Waals surface area contributed by atoms with Crippen molar-refractivity contribution in [1.29, 1.82) is 0 Å². The van der Waals surface area contributed by atoms with Gasteiger partial charge in [0.15, 0.2) is 0 Å². The predicted molar refractivity (Wildman–Crippen MR) is 120 cm³/mol. The van der Waals surface area contributed by atoms with Gasteiger partial charge in [0.25, 0.3) is 0 Å². The number of nitrogens with zero attached hydrogens (tertiary/aromatic N) is 1. The van der Waals surface area contributed by atoms with Gasteiger partial charge in [0.05, 0.1) is 18.5 Å². The van der Waals surface area contributed by atoms with Crippen LogP contribution in [0.25, 0.3) is 11.4 Å². The number of aromatic amines is 1. The molecule has 0 aliphatic carbocycles. The van der Waals surface area contributed by atoms with Crippen molar-refractivity contribution in [3.63, 3.8) is 0 Å². The monoisotopic (exact) mass is 488 g/mol. The second-order valence-corrected chi connectivity index (χ2v) is 7.25. The molecule has 1 heterocycles. The van der Waals surface area contributed by atoms with E-state index in [1.165, 1.54) is 49.4 Å². The average Bonchev–Trinajstić information content (AvgIpc) is 3.29. The summed E-state index contributed by atoms with van der Waals surface area (Å²) in [6.07, 6.45) is -3.45. The number of hydrogen-bond donors (Lipinski definition) is 3. The van der Waals surface area contributed by atoms with Crippen molar-refractivity contribution < 1.29 is 31.9 Å². The van der Waals surface area contributed by atoms with E-state index in [2.05, 4.69) is 32.4 Å². The number of aromatic nitrogens is 2. The number of anilines is 1. The molecule has 35 heavy (non-hydrogen) atoms. The molecule has 2 aromatic carbocycles. The molecule has 2 amide bonds. The molecule has 0 spiro atoms. The van der Waals surface area contributed by atoms with E-state index in [9.17, 15) is 27.2 Å². The number of amides is 2. The molecule has 0 radical (unpaired) electrons. The first-order valence-electron chi connectivity index (χ1n) is 10.3. The fourth-order valence-corrected chi connectivity index (χ4v) is 2.88. The molecule has 0 aliphatic heterocycles. The van der Waals surface area contributed by atoms with Crippen LogP contribution in [-0.4, -0.2) is 34.9 Å². The third kappa shape index (κ3) is 7.60. The third-order valence-electron chi connectivity index (χ3n) is 4.48. The summed E-state index contributed by atoms with van der Waals surface area (Å²) in [6, 6.07) is 9.74. The van der Waals surface area contributed by atoms with E-state index in [0.717, 1.165) is 0 Å². The van der Waals surface area contributed by atoms with E-state index in [4.69, 9.17) is 4.74 Å². The molecule has 0 bridgehead atoms. The van der Waals surface area contributed by atoms with E-state index in [1.54, 1.807) is 0 Å². The van der Waals surface area contributed by atoms with Crippen molar-refractivity contribution in [3.8, 4) is 29.0 Å². The van der Waals surface area contributed by atoms with Gasteiger partial charge in [0, 0.05) is 30.5 Å². The van der Waals surface area contributed by atoms with Gasteiger partial charge < -0.3 is 20.4 Å². The molecular weight excluding hydrogens is 468 g/mol. The first-order chi connectivity index (χ1) is 16.6. The number of alkyl halides is 3. The number of imidazole rings is 1. The van der Waals surface area contributed by atoms with E-state index in [1.807, 2.05) is 0 Å². The van der Waals surface area contributed by atoms with Crippen molar-refractivity contribution in [2.75, 3.05) is 18.5 Å². The molecule has 0 fully saturated rings. The summed E-state index contributed by atoms with van der Waals surface area (Å²) in [5.74, 6) is 3.61. The second-order valence-electron chi connectivity index (χ2n) is 7.25. The van der Waals surface area contributed by atoms with Gasteiger partial charge in [-0.15, -0.1) is 0 Å². The number of halogens is 4. The molecule has 0 atom stereocenters. The minimum absolute atomic E-state index is 0.0594. The Labute approximate surface area is 197 Å². The summed E-state index contributed by atoms with van der Waals surface area (Å²) >= 11 is 0. The van der Waals surface area contributed by atoms with Crippen LogP contribution in [0.2, 0.25) is 0 Å². The summed E-state index contributed by atoms with van der Waals surface area (Å²) in [5.41, 5.74) is -0.319. The fourth-order valence-electron chi connectivity index (χ4n) is 2.88. The first kappa shape index (κ1) is 25.3. The molecule has 0 saturated carbocycles. The largest absolute Gasteiger partial charge is 0.491 e. The highest BCUT2D eigenvalue weighted by Gasteiger charge is 2.33. The first-order valence-corrected chi connectivity index (χ1v) is 10.3. The highest BCUT2D eigenvalue weighted by molar-refractivity contribution is 6.05. The number of hydrogen-bond acceptors (Lipinski definition) is 4. The van der Waals surface area contributed by atoms with Crippen molar-refractivity contribution in [1.82, 2.24) is 15.3 Å². The van der Waals surface area contributed by atoms with Crippen LogP contribution in [-0.2, 0) is 15.8 Å². The summed E-state index contributed by atoms with van der Waals surface area (Å²) < 4.78 is 57.7. The quantitative estimate of drug-likeness (QED) is 0.265. The topological polar surface area (TPSA) is 96.1 Å². The zero-order valence-electron chi connectivity index (χ0n) is 18.4. The Morgan fingerprint density at radius 3 is 2.66 bits per heavy atom. The normalized spacial score (nSPS) is 10.8. The maximum atomic E-state index is 13.3. The molecule has 3 aromatic rings. The number of nitrogens with one attached hydrogen (secondary N) is 3. The Hall–Kier alpha value is -4.33. The number of carbonyl (C=O) groups is 2. The van der Waals surface area contributed by atoms with Gasteiger partial charge in [-0.3, -0.25) is 9.59 Å². The van der Waals surface area contributed by atoms with Crippen LogP contribution in [0, 0.1) is 17.7 Å². The molecule has 11 heteroatoms. The minimum atomic E-state index is -4.59. The van der Waals surface area contributed by atoms with Gasteiger partial charge in [0.2, 0.25) is 5.91 Å². The molecule has 0 saturated heterocycles. The minimum Gasteiger partial charge on any atom is -0.491 e. The average molecular weight is 488 g/mol. The number of benzene rings is 2. The maximum absolute atomic E-state index is 13.3. The van der Waals surface area contributed by atoms with Crippen molar-refractivity contribution in [2.45, 2.75) is 19.5 Å². The Balaban J connectivity index is 1.81. The number of ether oxygens (including phenoxy) is 1. The summed E-state index contributed by atoms with van der Waals surface area (Å²) in [5, 5.41) is 5.16. The van der Waals surface area contributed by atoms with Gasteiger partial charge in [-0.1, -0.05) is 12.0 Å². The smallest absolute Gasteiger partial charge is 0.432 e. The Morgan fingerprint density at radius 1 is 1.17 bits per heavy atom. The molecule has 1 aromatic heterocycles. The Morgan fingerprint density at radius 2 is 1.97 bits per heavy atom. The van der Waals surface area contributed by atoms with Crippen LogP contribution >= 0.6 is 0 Å². The standard InChI is InChI=1S/C24H20F4N4O3/c1-15(33)29-10-3-11-35-20-8-7-17(23-30-14-21(32-23)24(26,27)28)13-19(20)31-22(34)9-6-16-4-2-5-18(25)12-16/h2,4-5,7-8,12-14H,3,10-11H2,1H3,(H,29,33)(H,30,32)(H,31,34). The van der Waals surface area contributed by atoms with E-state index < -0.39 is 23.6 Å². The zero-order valence-corrected chi connectivity index (χ0v) is 18.4. The van der Waals surface area contributed by atoms with Gasteiger partial charge in [-0.25, -0.2) is 9.37 Å². The van der Waals surface area contributed by atoms with Gasteiger partial charge >= 0.3 is 12.1 Å². The fraction of sp³-hybridized carbons (Fsp3) is 0.208. The lowest BCUT2D eigenvalue weighted by atomic mass is 10.1.